The van der Waals surface area contributed by atoms with Gasteiger partial charge in [-0.15, -0.1) is 0 Å². The molecule has 0 atom stereocenters. The number of hydrogen-bond donors (Lipinski definition) is 0. The molecule has 0 bridgehead atoms. The Bertz CT molecular complexity index is 1680. The molecule has 4 aliphatic heterocycles. The Balaban J connectivity index is 1.26. The van der Waals surface area contributed by atoms with Gasteiger partial charge in [-0.05, 0) is 61.9 Å². The highest BCUT2D eigenvalue weighted by atomic mass is 16.5. The Kier molecular flexibility index (Phi) is 6.66. The Morgan fingerprint density at radius 2 is 1.34 bits per heavy atom. The van der Waals surface area contributed by atoms with Gasteiger partial charge < -0.3 is 19.4 Å². The van der Waals surface area contributed by atoms with E-state index in [1.165, 1.54) is 42.6 Å². The molecule has 0 N–H and O–H groups in total. The van der Waals surface area contributed by atoms with E-state index in [0.29, 0.717) is 13.1 Å². The number of aliphatic imine (C=N–C) groups is 1. The van der Waals surface area contributed by atoms with Crippen LogP contribution in [0.1, 0.15) is 63.9 Å². The molecule has 6 heteroatoms. The Hall–Kier alpha value is -4.58. The molecule has 4 aromatic carbocycles. The zero-order chi connectivity index (χ0) is 29.7. The van der Waals surface area contributed by atoms with E-state index in [4.69, 9.17) is 9.73 Å². The predicted molar refractivity (Wildman–Crippen MR) is 177 cm³/mol. The molecule has 6 nitrogen and oxygen atoms in total. The van der Waals surface area contributed by atoms with Gasteiger partial charge in [0, 0.05) is 79.1 Å². The van der Waals surface area contributed by atoms with Crippen molar-refractivity contribution >= 4 is 23.5 Å². The number of aryl methyl sites for hydroxylation is 1. The third-order valence-electron chi connectivity index (χ3n) is 9.84. The lowest BCUT2D eigenvalue weighted by Crippen LogP contribution is -2.48. The number of hydrogen-bond acceptors (Lipinski definition) is 5. The second-order valence-electron chi connectivity index (χ2n) is 12.5. The molecule has 4 aliphatic rings. The van der Waals surface area contributed by atoms with Gasteiger partial charge in [0.25, 0.3) is 5.91 Å². The van der Waals surface area contributed by atoms with E-state index in [1.807, 2.05) is 18.3 Å². The van der Waals surface area contributed by atoms with E-state index >= 15 is 0 Å². The molecule has 4 aromatic rings. The first-order valence-electron chi connectivity index (χ1n) is 16.1. The maximum atomic E-state index is 14.4. The van der Waals surface area contributed by atoms with Crippen LogP contribution in [0.25, 0.3) is 0 Å². The lowest BCUT2D eigenvalue weighted by molar-refractivity contribution is 0.0673. The zero-order valence-corrected chi connectivity index (χ0v) is 25.3. The summed E-state index contributed by atoms with van der Waals surface area (Å²) >= 11 is 0. The minimum atomic E-state index is -0.803. The second kappa shape index (κ2) is 10.8. The average Bonchev–Trinajstić information content (AvgIpc) is 3.83. The fourth-order valence-corrected chi connectivity index (χ4v) is 7.65. The summed E-state index contributed by atoms with van der Waals surface area (Å²) in [7, 11) is 0. The van der Waals surface area contributed by atoms with Crippen molar-refractivity contribution in [1.29, 1.82) is 0 Å². The van der Waals surface area contributed by atoms with E-state index in [9.17, 15) is 4.79 Å². The van der Waals surface area contributed by atoms with Crippen LogP contribution in [-0.2, 0) is 5.54 Å². The molecule has 0 unspecified atom stereocenters. The minimum absolute atomic E-state index is 0.0391. The van der Waals surface area contributed by atoms with Crippen molar-refractivity contribution in [2.24, 2.45) is 4.99 Å². The van der Waals surface area contributed by atoms with Crippen molar-refractivity contribution in [1.82, 2.24) is 4.90 Å². The standard InChI is InChI=1S/C38H38N4O2/c1-27-10-12-28(13-11-27)26-39-18-23-42-37(43)31-8-2-3-9-32(31)38(42)33-16-14-29(40-19-4-5-20-40)24-35(33)44-36-25-30(15-17-34(36)38)41-21-6-7-22-41/h2-3,8-17,24-26H,4-7,18-23H2,1H3. The number of ether oxygens (including phenoxy) is 1. The van der Waals surface area contributed by atoms with Crippen LogP contribution in [0.2, 0.25) is 0 Å². The van der Waals surface area contributed by atoms with Gasteiger partial charge in [0.1, 0.15) is 17.0 Å². The van der Waals surface area contributed by atoms with Gasteiger partial charge in [0.15, 0.2) is 0 Å². The second-order valence-corrected chi connectivity index (χ2v) is 12.5. The molecule has 2 saturated heterocycles. The molecule has 2 fully saturated rings. The smallest absolute Gasteiger partial charge is 0.255 e. The Morgan fingerprint density at radius 1 is 0.750 bits per heavy atom. The van der Waals surface area contributed by atoms with Gasteiger partial charge in [-0.2, -0.15) is 0 Å². The summed E-state index contributed by atoms with van der Waals surface area (Å²) in [5.74, 6) is 1.70. The van der Waals surface area contributed by atoms with E-state index in [0.717, 1.165) is 65.5 Å². The molecule has 222 valence electrons. The Labute approximate surface area is 259 Å². The topological polar surface area (TPSA) is 48.4 Å². The van der Waals surface area contributed by atoms with Gasteiger partial charge in [0.05, 0.1) is 6.54 Å². The average molecular weight is 583 g/mol. The summed E-state index contributed by atoms with van der Waals surface area (Å²) in [4.78, 5) is 26.1. The molecule has 1 amide bonds. The number of rotatable bonds is 6. The lowest BCUT2D eigenvalue weighted by atomic mass is 9.74. The van der Waals surface area contributed by atoms with Crippen LogP contribution < -0.4 is 14.5 Å². The van der Waals surface area contributed by atoms with E-state index < -0.39 is 5.54 Å². The molecular weight excluding hydrogens is 544 g/mol. The first-order chi connectivity index (χ1) is 21.6. The zero-order valence-electron chi connectivity index (χ0n) is 25.3. The highest BCUT2D eigenvalue weighted by molar-refractivity contribution is 6.02. The van der Waals surface area contributed by atoms with Crippen LogP contribution in [-0.4, -0.2) is 56.3 Å². The fourth-order valence-electron chi connectivity index (χ4n) is 7.65. The third-order valence-corrected chi connectivity index (χ3v) is 9.84. The summed E-state index contributed by atoms with van der Waals surface area (Å²) in [6, 6.07) is 29.7. The normalized spacial score (nSPS) is 18.2. The summed E-state index contributed by atoms with van der Waals surface area (Å²) in [5, 5.41) is 0. The molecule has 0 radical (unpaired) electrons. The van der Waals surface area contributed by atoms with E-state index in [2.05, 4.69) is 94.4 Å². The number of carbonyl (C=O) groups excluding carboxylic acids is 1. The van der Waals surface area contributed by atoms with Gasteiger partial charge in [-0.25, -0.2) is 0 Å². The van der Waals surface area contributed by atoms with Crippen LogP contribution >= 0.6 is 0 Å². The van der Waals surface area contributed by atoms with Crippen LogP contribution in [0.5, 0.6) is 11.5 Å². The van der Waals surface area contributed by atoms with Gasteiger partial charge in [-0.1, -0.05) is 60.2 Å². The predicted octanol–water partition coefficient (Wildman–Crippen LogP) is 7.17. The number of carbonyl (C=O) groups is 1. The number of anilines is 2. The monoisotopic (exact) mass is 582 g/mol. The molecule has 1 spiro atoms. The van der Waals surface area contributed by atoms with Crippen molar-refractivity contribution in [3.05, 3.63) is 118 Å². The van der Waals surface area contributed by atoms with Crippen molar-refractivity contribution < 1.29 is 9.53 Å². The van der Waals surface area contributed by atoms with Crippen LogP contribution in [0, 0.1) is 6.92 Å². The van der Waals surface area contributed by atoms with Crippen LogP contribution in [0.15, 0.2) is 89.9 Å². The number of benzene rings is 4. The third kappa shape index (κ3) is 4.30. The van der Waals surface area contributed by atoms with Crippen molar-refractivity contribution in [2.75, 3.05) is 49.1 Å². The largest absolute Gasteiger partial charge is 0.456 e. The fraction of sp³-hybridized carbons (Fsp3) is 0.316. The first kappa shape index (κ1) is 27.0. The maximum absolute atomic E-state index is 14.4. The minimum Gasteiger partial charge on any atom is -0.456 e. The Morgan fingerprint density at radius 3 is 1.95 bits per heavy atom. The van der Waals surface area contributed by atoms with Crippen molar-refractivity contribution in [3.8, 4) is 11.5 Å². The summed E-state index contributed by atoms with van der Waals surface area (Å²) in [6.45, 7) is 7.31. The first-order valence-corrected chi connectivity index (χ1v) is 16.1. The van der Waals surface area contributed by atoms with E-state index in [-0.39, 0.29) is 5.91 Å². The molecule has 0 aromatic heterocycles. The number of fused-ring (bicyclic) bond motifs is 6. The molecule has 8 rings (SSSR count). The molecule has 0 aliphatic carbocycles. The number of amides is 1. The van der Waals surface area contributed by atoms with Crippen LogP contribution in [0.4, 0.5) is 11.4 Å². The van der Waals surface area contributed by atoms with Crippen LogP contribution in [0.3, 0.4) is 0 Å². The molecule has 4 heterocycles. The number of nitrogens with zero attached hydrogens (tertiary/aromatic N) is 4. The van der Waals surface area contributed by atoms with Gasteiger partial charge >= 0.3 is 0 Å². The summed E-state index contributed by atoms with van der Waals surface area (Å²) in [6.07, 6.45) is 6.76. The highest BCUT2D eigenvalue weighted by Gasteiger charge is 2.56. The van der Waals surface area contributed by atoms with Crippen molar-refractivity contribution in [3.63, 3.8) is 0 Å². The van der Waals surface area contributed by atoms with Gasteiger partial charge in [0.2, 0.25) is 0 Å². The van der Waals surface area contributed by atoms with Crippen molar-refractivity contribution in [2.45, 2.75) is 38.1 Å². The van der Waals surface area contributed by atoms with Gasteiger partial charge in [-0.3, -0.25) is 9.79 Å². The quantitative estimate of drug-likeness (QED) is 0.226. The SMILES string of the molecule is Cc1ccc(C=NCCN2C(=O)c3ccccc3C23c2ccc(N4CCCC4)cc2Oc2cc(N4CCCC4)ccc23)cc1. The highest BCUT2D eigenvalue weighted by Crippen LogP contribution is 2.58. The molecule has 0 saturated carbocycles. The molecular formula is C38H38N4O2. The maximum Gasteiger partial charge on any atom is 0.255 e. The summed E-state index contributed by atoms with van der Waals surface area (Å²) in [5.41, 5.74) is 7.65. The molecule has 44 heavy (non-hydrogen) atoms. The summed E-state index contributed by atoms with van der Waals surface area (Å²) < 4.78 is 6.84. The van der Waals surface area contributed by atoms with E-state index in [1.54, 1.807) is 0 Å². The lowest BCUT2D eigenvalue weighted by Gasteiger charge is -2.44.